The number of carbonyl (C=O) groups is 3. The van der Waals surface area contributed by atoms with E-state index in [1.165, 1.54) is 19.3 Å². The fraction of sp³-hybridized carbons (Fsp3) is 0.812. The highest BCUT2D eigenvalue weighted by molar-refractivity contribution is 5.88. The van der Waals surface area contributed by atoms with Crippen molar-refractivity contribution in [2.45, 2.75) is 64.8 Å². The minimum atomic E-state index is -1.05. The van der Waals surface area contributed by atoms with E-state index in [1.54, 1.807) is 6.92 Å². The first-order valence-electron chi connectivity index (χ1n) is 8.22. The predicted molar refractivity (Wildman–Crippen MR) is 83.2 cm³/mol. The van der Waals surface area contributed by atoms with E-state index in [4.69, 9.17) is 5.11 Å². The zero-order valence-corrected chi connectivity index (χ0v) is 13.6. The Morgan fingerprint density at radius 3 is 2.32 bits per heavy atom. The molecule has 1 saturated carbocycles. The Labute approximate surface area is 132 Å². The van der Waals surface area contributed by atoms with Crippen molar-refractivity contribution >= 4 is 17.8 Å². The molecule has 0 aliphatic heterocycles. The van der Waals surface area contributed by atoms with Crippen LogP contribution in [0.2, 0.25) is 0 Å². The van der Waals surface area contributed by atoms with Crippen LogP contribution in [0.15, 0.2) is 0 Å². The van der Waals surface area contributed by atoms with Gasteiger partial charge in [0.05, 0.1) is 6.54 Å². The molecule has 0 aromatic carbocycles. The van der Waals surface area contributed by atoms with Gasteiger partial charge in [-0.15, -0.1) is 0 Å². The van der Waals surface area contributed by atoms with E-state index in [0.717, 1.165) is 12.8 Å². The quantitative estimate of drug-likeness (QED) is 0.635. The average Bonchev–Trinajstić information content (AvgIpc) is 2.50. The molecule has 1 aliphatic carbocycles. The Morgan fingerprint density at radius 2 is 1.77 bits per heavy atom. The Kier molecular flexibility index (Phi) is 7.91. The maximum Gasteiger partial charge on any atom is 0.326 e. The molecule has 2 unspecified atom stereocenters. The summed E-state index contributed by atoms with van der Waals surface area (Å²) in [6.07, 6.45) is 6.86. The van der Waals surface area contributed by atoms with E-state index in [-0.39, 0.29) is 18.4 Å². The van der Waals surface area contributed by atoms with Crippen LogP contribution in [0.3, 0.4) is 0 Å². The molecule has 2 amide bonds. The number of rotatable bonds is 8. The normalized spacial score (nSPS) is 18.3. The first kappa shape index (κ1) is 18.5. The fourth-order valence-corrected chi connectivity index (χ4v) is 2.81. The zero-order chi connectivity index (χ0) is 16.5. The van der Waals surface area contributed by atoms with Crippen LogP contribution in [0.1, 0.15) is 58.8 Å². The molecule has 1 rings (SSSR count). The molecule has 22 heavy (non-hydrogen) atoms. The molecule has 6 heteroatoms. The molecule has 0 saturated heterocycles. The van der Waals surface area contributed by atoms with Crippen molar-refractivity contribution in [3.8, 4) is 0 Å². The number of hydrogen-bond donors (Lipinski definition) is 3. The molecular formula is C16H28N2O4. The molecule has 1 aliphatic rings. The summed E-state index contributed by atoms with van der Waals surface area (Å²) in [7, 11) is 0. The Balaban J connectivity index is 2.31. The molecule has 6 nitrogen and oxygen atoms in total. The lowest BCUT2D eigenvalue weighted by Crippen LogP contribution is -2.48. The van der Waals surface area contributed by atoms with Gasteiger partial charge in [0.25, 0.3) is 0 Å². The first-order chi connectivity index (χ1) is 10.4. The van der Waals surface area contributed by atoms with Crippen molar-refractivity contribution < 1.29 is 19.5 Å². The summed E-state index contributed by atoms with van der Waals surface area (Å²) in [6, 6.07) is -0.909. The number of carbonyl (C=O) groups excluding carboxylic acids is 2. The third kappa shape index (κ3) is 6.45. The van der Waals surface area contributed by atoms with Crippen LogP contribution in [-0.2, 0) is 14.4 Å². The summed E-state index contributed by atoms with van der Waals surface area (Å²) in [4.78, 5) is 34.7. The van der Waals surface area contributed by atoms with Crippen molar-refractivity contribution in [2.24, 2.45) is 11.8 Å². The third-order valence-corrected chi connectivity index (χ3v) is 4.44. The molecule has 0 radical (unpaired) electrons. The Morgan fingerprint density at radius 1 is 1.14 bits per heavy atom. The van der Waals surface area contributed by atoms with Crippen LogP contribution in [0.4, 0.5) is 0 Å². The number of carboxylic acids is 1. The number of carboxylic acid groups (broad SMARTS) is 1. The molecule has 1 fully saturated rings. The SMILES string of the molecule is CCC(C)C(NC(=O)CNC(=O)CC1CCCCC1)C(=O)O. The highest BCUT2D eigenvalue weighted by atomic mass is 16.4. The smallest absolute Gasteiger partial charge is 0.326 e. The number of hydrogen-bond acceptors (Lipinski definition) is 3. The maximum atomic E-state index is 11.8. The lowest BCUT2D eigenvalue weighted by molar-refractivity contribution is -0.143. The van der Waals surface area contributed by atoms with Gasteiger partial charge in [-0.05, 0) is 24.7 Å². The monoisotopic (exact) mass is 312 g/mol. The average molecular weight is 312 g/mol. The standard InChI is InChI=1S/C16H28N2O4/c1-3-11(2)15(16(21)22)18-14(20)10-17-13(19)9-12-7-5-4-6-8-12/h11-12,15H,3-10H2,1-2H3,(H,17,19)(H,18,20)(H,21,22). The molecule has 0 bridgehead atoms. The van der Waals surface area contributed by atoms with Crippen molar-refractivity contribution in [1.82, 2.24) is 10.6 Å². The van der Waals surface area contributed by atoms with E-state index >= 15 is 0 Å². The van der Waals surface area contributed by atoms with E-state index in [0.29, 0.717) is 18.8 Å². The molecule has 2 atom stereocenters. The number of aliphatic carboxylic acids is 1. The lowest BCUT2D eigenvalue weighted by atomic mass is 9.87. The first-order valence-corrected chi connectivity index (χ1v) is 8.22. The van der Waals surface area contributed by atoms with Gasteiger partial charge in [0, 0.05) is 6.42 Å². The van der Waals surface area contributed by atoms with Crippen molar-refractivity contribution in [3.63, 3.8) is 0 Å². The molecule has 0 aromatic rings. The van der Waals surface area contributed by atoms with Crippen molar-refractivity contribution in [1.29, 1.82) is 0 Å². The second-order valence-electron chi connectivity index (χ2n) is 6.25. The summed E-state index contributed by atoms with van der Waals surface area (Å²) in [6.45, 7) is 3.49. The second-order valence-corrected chi connectivity index (χ2v) is 6.25. The highest BCUT2D eigenvalue weighted by Crippen LogP contribution is 2.25. The predicted octanol–water partition coefficient (Wildman–Crippen LogP) is 1.69. The summed E-state index contributed by atoms with van der Waals surface area (Å²) >= 11 is 0. The summed E-state index contributed by atoms with van der Waals surface area (Å²) in [5.41, 5.74) is 0. The Bertz CT molecular complexity index is 392. The van der Waals surface area contributed by atoms with Gasteiger partial charge in [-0.2, -0.15) is 0 Å². The van der Waals surface area contributed by atoms with E-state index < -0.39 is 17.9 Å². The van der Waals surface area contributed by atoms with Gasteiger partial charge in [0.15, 0.2) is 0 Å². The van der Waals surface area contributed by atoms with E-state index in [2.05, 4.69) is 10.6 Å². The lowest BCUT2D eigenvalue weighted by Gasteiger charge is -2.21. The van der Waals surface area contributed by atoms with Crippen LogP contribution in [0.5, 0.6) is 0 Å². The van der Waals surface area contributed by atoms with Gasteiger partial charge in [-0.25, -0.2) is 4.79 Å². The van der Waals surface area contributed by atoms with Gasteiger partial charge in [0.2, 0.25) is 11.8 Å². The maximum absolute atomic E-state index is 11.8. The third-order valence-electron chi connectivity index (χ3n) is 4.44. The molecule has 0 aromatic heterocycles. The Hall–Kier alpha value is -1.59. The molecule has 3 N–H and O–H groups in total. The van der Waals surface area contributed by atoms with Crippen LogP contribution < -0.4 is 10.6 Å². The van der Waals surface area contributed by atoms with Crippen LogP contribution in [0.25, 0.3) is 0 Å². The van der Waals surface area contributed by atoms with Crippen molar-refractivity contribution in [3.05, 3.63) is 0 Å². The van der Waals surface area contributed by atoms with Crippen LogP contribution in [0, 0.1) is 11.8 Å². The van der Waals surface area contributed by atoms with E-state index in [1.807, 2.05) is 6.92 Å². The minimum Gasteiger partial charge on any atom is -0.480 e. The van der Waals surface area contributed by atoms with Gasteiger partial charge in [-0.1, -0.05) is 39.5 Å². The van der Waals surface area contributed by atoms with Crippen molar-refractivity contribution in [2.75, 3.05) is 6.54 Å². The second kappa shape index (κ2) is 9.43. The number of amides is 2. The topological polar surface area (TPSA) is 95.5 Å². The molecule has 0 spiro atoms. The summed E-state index contributed by atoms with van der Waals surface area (Å²) in [5.74, 6) is -1.36. The van der Waals surface area contributed by atoms with Gasteiger partial charge in [-0.3, -0.25) is 9.59 Å². The van der Waals surface area contributed by atoms with E-state index in [9.17, 15) is 14.4 Å². The largest absolute Gasteiger partial charge is 0.480 e. The van der Waals surface area contributed by atoms with Crippen LogP contribution in [-0.4, -0.2) is 35.5 Å². The van der Waals surface area contributed by atoms with Gasteiger partial charge >= 0.3 is 5.97 Å². The summed E-state index contributed by atoms with van der Waals surface area (Å²) < 4.78 is 0. The van der Waals surface area contributed by atoms with Crippen LogP contribution >= 0.6 is 0 Å². The highest BCUT2D eigenvalue weighted by Gasteiger charge is 2.25. The zero-order valence-electron chi connectivity index (χ0n) is 13.6. The fourth-order valence-electron chi connectivity index (χ4n) is 2.81. The molecular weight excluding hydrogens is 284 g/mol. The molecule has 126 valence electrons. The van der Waals surface area contributed by atoms with Gasteiger partial charge in [0.1, 0.15) is 6.04 Å². The molecule has 0 heterocycles. The minimum absolute atomic E-state index is 0.127. The summed E-state index contributed by atoms with van der Waals surface area (Å²) in [5, 5.41) is 14.2. The number of nitrogens with one attached hydrogen (secondary N) is 2. The van der Waals surface area contributed by atoms with Gasteiger partial charge < -0.3 is 15.7 Å².